The Morgan fingerprint density at radius 2 is 1.84 bits per heavy atom. The summed E-state index contributed by atoms with van der Waals surface area (Å²) in [6.07, 6.45) is 5.08. The number of nitrogens with zero attached hydrogens (tertiary/aromatic N) is 5. The zero-order chi connectivity index (χ0) is 30.6. The molecule has 1 unspecified atom stereocenters. The van der Waals surface area contributed by atoms with E-state index in [0.717, 1.165) is 34.4 Å². The van der Waals surface area contributed by atoms with Gasteiger partial charge in [-0.1, -0.05) is 67.0 Å². The second-order valence-electron chi connectivity index (χ2n) is 11.3. The number of alkyl halides is 1. The zero-order valence-electron chi connectivity index (χ0n) is 24.5. The molecule has 1 aliphatic carbocycles. The molecule has 1 fully saturated rings. The van der Waals surface area contributed by atoms with Gasteiger partial charge >= 0.3 is 5.76 Å². The lowest BCUT2D eigenvalue weighted by Gasteiger charge is -2.31. The van der Waals surface area contributed by atoms with Crippen molar-refractivity contribution in [3.8, 4) is 22.5 Å². The number of H-pyrrole nitrogens is 1. The molecule has 44 heavy (non-hydrogen) atoms. The second kappa shape index (κ2) is 13.1. The van der Waals surface area contributed by atoms with E-state index >= 15 is 0 Å². The molecule has 0 spiro atoms. The molecule has 1 atom stereocenters. The van der Waals surface area contributed by atoms with Gasteiger partial charge in [-0.2, -0.15) is 10.1 Å². The lowest BCUT2D eigenvalue weighted by atomic mass is 9.92. The van der Waals surface area contributed by atoms with Gasteiger partial charge in [0, 0.05) is 23.6 Å². The first-order valence-electron chi connectivity index (χ1n) is 15.0. The number of fused-ring (bicyclic) bond motifs is 1. The molecule has 1 aliphatic rings. The molecule has 6 rings (SSSR count). The largest absolute Gasteiger partial charge is 0.439 e. The van der Waals surface area contributed by atoms with E-state index < -0.39 is 18.5 Å². The number of aryl methyl sites for hydroxylation is 1. The van der Waals surface area contributed by atoms with E-state index in [1.54, 1.807) is 4.57 Å². The molecule has 0 amide bonds. The van der Waals surface area contributed by atoms with Gasteiger partial charge in [0.05, 0.1) is 18.4 Å². The van der Waals surface area contributed by atoms with Crippen LogP contribution in [0.2, 0.25) is 0 Å². The van der Waals surface area contributed by atoms with E-state index in [2.05, 4.69) is 27.1 Å². The summed E-state index contributed by atoms with van der Waals surface area (Å²) < 4.78 is 26.7. The summed E-state index contributed by atoms with van der Waals surface area (Å²) in [5.74, 6) is 0.286. The smallest absolute Gasteiger partial charge is 0.388 e. The molecular weight excluding hydrogens is 567 g/mol. The number of nitrogens with one attached hydrogen (secondary N) is 1. The molecular formula is C32H35FN6O5. The normalized spacial score (nSPS) is 17.7. The van der Waals surface area contributed by atoms with Gasteiger partial charge in [-0.3, -0.25) is 18.9 Å². The summed E-state index contributed by atoms with van der Waals surface area (Å²) in [6, 6.07) is 15.6. The number of hydrogen-bond donors (Lipinski definition) is 2. The molecule has 3 heterocycles. The first-order chi connectivity index (χ1) is 21.5. The molecule has 0 aliphatic heterocycles. The Bertz CT molecular complexity index is 1830. The first-order valence-corrected chi connectivity index (χ1v) is 15.0. The van der Waals surface area contributed by atoms with E-state index in [0.29, 0.717) is 55.7 Å². The number of aromatic nitrogens is 6. The predicted octanol–water partition coefficient (Wildman–Crippen LogP) is 4.28. The number of ether oxygens (including phenoxy) is 1. The number of rotatable bonds is 11. The van der Waals surface area contributed by atoms with Crippen molar-refractivity contribution in [2.75, 3.05) is 13.3 Å². The quantitative estimate of drug-likeness (QED) is 0.228. The molecule has 3 aromatic heterocycles. The van der Waals surface area contributed by atoms with Gasteiger partial charge in [-0.25, -0.2) is 13.7 Å². The van der Waals surface area contributed by atoms with Crippen molar-refractivity contribution in [3.05, 3.63) is 92.6 Å². The Labute approximate surface area is 252 Å². The standard InChI is InChI=1S/C32H35FN6O5/c1-2-5-28-27(16-20-8-10-21(11-9-20)25-6-3-4-7-26(25)29-36-32(42)44-37-29)30(41)38(31-34-19-35-39(28)31)22-12-14-24(15-13-22)43-18-23(40)17-33/h3-4,6-11,19,22-24,40H,2,5,12-18H2,1H3,(H,36,37,42)/t22-,23?,24-. The third-order valence-electron chi connectivity index (χ3n) is 8.29. The van der Waals surface area contributed by atoms with Crippen LogP contribution < -0.4 is 11.3 Å². The lowest BCUT2D eigenvalue weighted by Crippen LogP contribution is -2.35. The maximum atomic E-state index is 14.2. The van der Waals surface area contributed by atoms with Gasteiger partial charge in [0.1, 0.15) is 19.1 Å². The summed E-state index contributed by atoms with van der Waals surface area (Å²) in [7, 11) is 0. The van der Waals surface area contributed by atoms with Crippen molar-refractivity contribution in [1.82, 2.24) is 29.3 Å². The highest BCUT2D eigenvalue weighted by Gasteiger charge is 2.28. The van der Waals surface area contributed by atoms with Crippen LogP contribution in [0, 0.1) is 0 Å². The Hall–Kier alpha value is -4.42. The van der Waals surface area contributed by atoms with E-state index in [1.165, 1.54) is 6.33 Å². The van der Waals surface area contributed by atoms with Gasteiger partial charge in [-0.15, -0.1) is 0 Å². The summed E-state index contributed by atoms with van der Waals surface area (Å²) in [5.41, 5.74) is 5.05. The molecule has 0 bridgehead atoms. The zero-order valence-corrected chi connectivity index (χ0v) is 24.5. The molecule has 0 saturated heterocycles. The van der Waals surface area contributed by atoms with E-state index in [1.807, 2.05) is 53.0 Å². The monoisotopic (exact) mass is 602 g/mol. The number of benzene rings is 2. The van der Waals surface area contributed by atoms with Crippen LogP contribution in [0.1, 0.15) is 61.9 Å². The molecule has 2 N–H and O–H groups in total. The average Bonchev–Trinajstić information content (AvgIpc) is 3.72. The van der Waals surface area contributed by atoms with Crippen molar-refractivity contribution < 1.29 is 18.8 Å². The molecule has 2 aromatic carbocycles. The molecule has 5 aromatic rings. The van der Waals surface area contributed by atoms with Crippen LogP contribution in [0.5, 0.6) is 0 Å². The fourth-order valence-electron chi connectivity index (χ4n) is 6.13. The topological polar surface area (TPSA) is 141 Å². The predicted molar refractivity (Wildman–Crippen MR) is 161 cm³/mol. The molecule has 11 nitrogen and oxygen atoms in total. The number of halogens is 1. The average molecular weight is 603 g/mol. The lowest BCUT2D eigenvalue weighted by molar-refractivity contribution is -0.0344. The van der Waals surface area contributed by atoms with E-state index in [9.17, 15) is 19.1 Å². The maximum Gasteiger partial charge on any atom is 0.439 e. The SMILES string of the molecule is CCCc1c(Cc2ccc(-c3ccccc3-c3noc(=O)[nH]3)cc2)c(=O)n([C@H]2CC[C@H](OCC(O)CF)CC2)c2ncnn12. The van der Waals surface area contributed by atoms with Gasteiger partial charge in [0.15, 0.2) is 5.82 Å². The minimum Gasteiger partial charge on any atom is -0.388 e. The van der Waals surface area contributed by atoms with Crippen molar-refractivity contribution >= 4 is 5.78 Å². The van der Waals surface area contributed by atoms with Gasteiger partial charge in [0.25, 0.3) is 5.56 Å². The van der Waals surface area contributed by atoms with Crippen LogP contribution in [-0.4, -0.2) is 59.9 Å². The Morgan fingerprint density at radius 3 is 2.52 bits per heavy atom. The highest BCUT2D eigenvalue weighted by molar-refractivity contribution is 5.80. The van der Waals surface area contributed by atoms with Crippen LogP contribution in [0.25, 0.3) is 28.3 Å². The minimum absolute atomic E-state index is 0.0276. The molecule has 230 valence electrons. The van der Waals surface area contributed by atoms with Crippen molar-refractivity contribution in [2.24, 2.45) is 0 Å². The number of aromatic amines is 1. The van der Waals surface area contributed by atoms with Crippen molar-refractivity contribution in [1.29, 1.82) is 0 Å². The molecule has 0 radical (unpaired) electrons. The van der Waals surface area contributed by atoms with E-state index in [4.69, 9.17) is 9.26 Å². The van der Waals surface area contributed by atoms with Crippen LogP contribution in [-0.2, 0) is 17.6 Å². The first kappa shape index (κ1) is 29.6. The molecule has 12 heteroatoms. The van der Waals surface area contributed by atoms with Crippen LogP contribution in [0.15, 0.2) is 69.0 Å². The Balaban J connectivity index is 1.30. The third kappa shape index (κ3) is 6.00. The summed E-state index contributed by atoms with van der Waals surface area (Å²) in [6.45, 7) is 1.22. The maximum absolute atomic E-state index is 14.2. The number of hydrogen-bond acceptors (Lipinski definition) is 8. The highest BCUT2D eigenvalue weighted by Crippen LogP contribution is 2.32. The van der Waals surface area contributed by atoms with Crippen molar-refractivity contribution in [2.45, 2.75) is 70.1 Å². The third-order valence-corrected chi connectivity index (χ3v) is 8.29. The Kier molecular flexibility index (Phi) is 8.80. The number of aliphatic hydroxyl groups is 1. The van der Waals surface area contributed by atoms with Gasteiger partial charge in [-0.05, 0) is 48.8 Å². The second-order valence-corrected chi connectivity index (χ2v) is 11.3. The fraction of sp³-hybridized carbons (Fsp3) is 0.406. The summed E-state index contributed by atoms with van der Waals surface area (Å²) in [4.78, 5) is 32.9. The van der Waals surface area contributed by atoms with Crippen molar-refractivity contribution in [3.63, 3.8) is 0 Å². The fourth-order valence-corrected chi connectivity index (χ4v) is 6.13. The van der Waals surface area contributed by atoms with Gasteiger partial charge in [0.2, 0.25) is 5.78 Å². The minimum atomic E-state index is -1.11. The summed E-state index contributed by atoms with van der Waals surface area (Å²) >= 11 is 0. The van der Waals surface area contributed by atoms with Gasteiger partial charge < -0.3 is 9.84 Å². The number of aliphatic hydroxyl groups excluding tert-OH is 1. The van der Waals surface area contributed by atoms with Crippen LogP contribution in [0.4, 0.5) is 4.39 Å². The highest BCUT2D eigenvalue weighted by atomic mass is 19.1. The summed E-state index contributed by atoms with van der Waals surface area (Å²) in [5, 5.41) is 17.9. The van der Waals surface area contributed by atoms with Crippen LogP contribution in [0.3, 0.4) is 0 Å². The Morgan fingerprint density at radius 1 is 1.09 bits per heavy atom. The molecule has 1 saturated carbocycles. The van der Waals surface area contributed by atoms with Crippen LogP contribution >= 0.6 is 0 Å². The van der Waals surface area contributed by atoms with E-state index in [-0.39, 0.29) is 24.3 Å².